The van der Waals surface area contributed by atoms with Crippen LogP contribution >= 0.6 is 0 Å². The molecule has 0 heterocycles. The summed E-state index contributed by atoms with van der Waals surface area (Å²) in [5.41, 5.74) is -3.44. The van der Waals surface area contributed by atoms with Gasteiger partial charge in [0.25, 0.3) is 0 Å². The van der Waals surface area contributed by atoms with Crippen molar-refractivity contribution in [1.29, 1.82) is 5.26 Å². The number of carbonyl (C=O) groups excluding carboxylic acids is 2. The average Bonchev–Trinajstić information content (AvgIpc) is 2.71. The molecule has 1 saturated carbocycles. The van der Waals surface area contributed by atoms with Crippen LogP contribution < -0.4 is 0 Å². The predicted octanol–water partition coefficient (Wildman–Crippen LogP) is 0.534. The number of nitrogens with zero attached hydrogens (tertiary/aromatic N) is 2. The number of aromatic hydroxyl groups is 1. The minimum absolute atomic E-state index is 0.00358. The second kappa shape index (κ2) is 6.65. The van der Waals surface area contributed by atoms with E-state index in [0.717, 1.165) is 0 Å². The number of phenolic OH excluding ortho intramolecular Hbond substituents is 1. The lowest BCUT2D eigenvalue weighted by Crippen LogP contribution is -2.69. The van der Waals surface area contributed by atoms with Gasteiger partial charge in [-0.1, -0.05) is 19.1 Å². The quantitative estimate of drug-likeness (QED) is 0.431. The van der Waals surface area contributed by atoms with E-state index in [0.29, 0.717) is 5.56 Å². The number of rotatable bonds is 1. The summed E-state index contributed by atoms with van der Waals surface area (Å²) in [5.74, 6) is -7.04. The van der Waals surface area contributed by atoms with Crippen LogP contribution in [0.5, 0.6) is 5.75 Å². The molecule has 0 bridgehead atoms. The Labute approximate surface area is 177 Å². The Balaban J connectivity index is 2.06. The fourth-order valence-electron chi connectivity index (χ4n) is 5.45. The van der Waals surface area contributed by atoms with Crippen molar-refractivity contribution in [2.45, 2.75) is 30.6 Å². The van der Waals surface area contributed by atoms with E-state index in [1.807, 2.05) is 0 Å². The standard InChI is InChI=1S/C22H22N2O7/c1-8-9-5-4-6-11(25)13(9)18(27)14-12(8)19(28)15-16(24(2)3)17(26)10(7-23)20(29)22(15,31)21(14)30/h4-6,8,12,15-16,19,25,27-29,31H,1-3H3. The summed E-state index contributed by atoms with van der Waals surface area (Å²) >= 11 is 0. The Morgan fingerprint density at radius 3 is 2.39 bits per heavy atom. The van der Waals surface area contributed by atoms with Crippen molar-refractivity contribution in [3.63, 3.8) is 0 Å². The van der Waals surface area contributed by atoms with Crippen LogP contribution in [0.3, 0.4) is 0 Å². The zero-order valence-corrected chi connectivity index (χ0v) is 17.1. The third-order valence-corrected chi connectivity index (χ3v) is 6.86. The number of carbonyl (C=O) groups is 2. The first-order valence-corrected chi connectivity index (χ1v) is 9.75. The largest absolute Gasteiger partial charge is 0.507 e. The van der Waals surface area contributed by atoms with Crippen LogP contribution in [0.1, 0.15) is 24.0 Å². The molecule has 6 unspecified atom stereocenters. The van der Waals surface area contributed by atoms with Gasteiger partial charge in [-0.05, 0) is 31.6 Å². The maximum atomic E-state index is 13.6. The minimum atomic E-state index is -2.80. The van der Waals surface area contributed by atoms with Gasteiger partial charge in [0.2, 0.25) is 5.78 Å². The minimum Gasteiger partial charge on any atom is -0.507 e. The predicted molar refractivity (Wildman–Crippen MR) is 107 cm³/mol. The number of benzene rings is 1. The molecule has 31 heavy (non-hydrogen) atoms. The van der Waals surface area contributed by atoms with E-state index < -0.39 is 64.2 Å². The first-order chi connectivity index (χ1) is 14.5. The number of hydrogen-bond acceptors (Lipinski definition) is 9. The maximum Gasteiger partial charge on any atom is 0.202 e. The molecule has 4 rings (SSSR count). The second-order valence-corrected chi connectivity index (χ2v) is 8.54. The molecular weight excluding hydrogens is 404 g/mol. The molecule has 9 nitrogen and oxygen atoms in total. The van der Waals surface area contributed by atoms with Gasteiger partial charge in [0.05, 0.1) is 23.6 Å². The van der Waals surface area contributed by atoms with Gasteiger partial charge in [0.1, 0.15) is 23.2 Å². The summed E-state index contributed by atoms with van der Waals surface area (Å²) in [6.07, 6.45) is -1.54. The van der Waals surface area contributed by atoms with Crippen LogP contribution in [0.15, 0.2) is 35.1 Å². The average molecular weight is 426 g/mol. The molecule has 0 spiro atoms. The third kappa shape index (κ3) is 2.41. The van der Waals surface area contributed by atoms with Crippen molar-refractivity contribution >= 4 is 17.3 Å². The fraction of sp³-hybridized carbons (Fsp3) is 0.409. The van der Waals surface area contributed by atoms with Gasteiger partial charge in [-0.15, -0.1) is 0 Å². The zero-order valence-electron chi connectivity index (χ0n) is 17.1. The lowest BCUT2D eigenvalue weighted by molar-refractivity contribution is -0.168. The van der Waals surface area contributed by atoms with Crippen molar-refractivity contribution < 1.29 is 35.1 Å². The smallest absolute Gasteiger partial charge is 0.202 e. The third-order valence-electron chi connectivity index (χ3n) is 6.86. The molecule has 0 amide bonds. The van der Waals surface area contributed by atoms with Gasteiger partial charge in [-0.2, -0.15) is 5.26 Å². The number of aliphatic hydroxyl groups excluding tert-OH is 3. The number of phenols is 1. The van der Waals surface area contributed by atoms with E-state index in [1.165, 1.54) is 31.1 Å². The summed E-state index contributed by atoms with van der Waals surface area (Å²) in [5, 5.41) is 64.1. The summed E-state index contributed by atoms with van der Waals surface area (Å²) in [4.78, 5) is 27.9. The number of likely N-dealkylation sites (N-methyl/N-ethyl adjacent to an activating group) is 1. The molecule has 1 aromatic rings. The number of Topliss-reactive ketones (excluding diaryl/α,β-unsaturated/α-hetero) is 2. The van der Waals surface area contributed by atoms with E-state index in [2.05, 4.69) is 0 Å². The highest BCUT2D eigenvalue weighted by molar-refractivity contribution is 6.15. The first kappa shape index (κ1) is 21.1. The van der Waals surface area contributed by atoms with Crippen molar-refractivity contribution in [3.8, 4) is 11.8 Å². The summed E-state index contributed by atoms with van der Waals surface area (Å²) in [6.45, 7) is 1.70. The highest BCUT2D eigenvalue weighted by atomic mass is 16.4. The number of fused-ring (bicyclic) bond motifs is 3. The van der Waals surface area contributed by atoms with Crippen molar-refractivity contribution in [2.75, 3.05) is 14.1 Å². The van der Waals surface area contributed by atoms with E-state index in [1.54, 1.807) is 19.1 Å². The second-order valence-electron chi connectivity index (χ2n) is 8.54. The van der Waals surface area contributed by atoms with Crippen LogP contribution in [0, 0.1) is 23.2 Å². The molecular formula is C22H22N2O7. The summed E-state index contributed by atoms with van der Waals surface area (Å²) in [7, 11) is 3.00. The zero-order chi connectivity index (χ0) is 23.0. The van der Waals surface area contributed by atoms with Gasteiger partial charge in [0, 0.05) is 11.5 Å². The van der Waals surface area contributed by atoms with Crippen LogP contribution in [-0.4, -0.2) is 73.8 Å². The monoisotopic (exact) mass is 426 g/mol. The molecule has 1 aromatic carbocycles. The molecule has 5 N–H and O–H groups in total. The molecule has 6 atom stereocenters. The molecule has 9 heteroatoms. The first-order valence-electron chi connectivity index (χ1n) is 9.75. The van der Waals surface area contributed by atoms with Crippen molar-refractivity contribution in [3.05, 3.63) is 46.2 Å². The molecule has 0 radical (unpaired) electrons. The van der Waals surface area contributed by atoms with E-state index in [4.69, 9.17) is 0 Å². The maximum absolute atomic E-state index is 13.6. The highest BCUT2D eigenvalue weighted by Crippen LogP contribution is 2.55. The van der Waals surface area contributed by atoms with Gasteiger partial charge >= 0.3 is 0 Å². The van der Waals surface area contributed by atoms with Gasteiger partial charge < -0.3 is 25.5 Å². The molecule has 0 saturated heterocycles. The molecule has 3 aliphatic carbocycles. The fourth-order valence-corrected chi connectivity index (χ4v) is 5.45. The Hall–Kier alpha value is -3.19. The van der Waals surface area contributed by atoms with Crippen LogP contribution in [-0.2, 0) is 9.59 Å². The Bertz CT molecular complexity index is 1130. The molecule has 3 aliphatic rings. The number of aliphatic hydroxyl groups is 4. The van der Waals surface area contributed by atoms with Crippen molar-refractivity contribution in [1.82, 2.24) is 4.90 Å². The summed E-state index contributed by atoms with van der Waals surface area (Å²) < 4.78 is 0. The Morgan fingerprint density at radius 1 is 1.16 bits per heavy atom. The molecule has 162 valence electrons. The van der Waals surface area contributed by atoms with E-state index in [9.17, 15) is 40.4 Å². The van der Waals surface area contributed by atoms with Crippen LogP contribution in [0.4, 0.5) is 0 Å². The topological polar surface area (TPSA) is 162 Å². The van der Waals surface area contributed by atoms with Crippen molar-refractivity contribution in [2.24, 2.45) is 11.8 Å². The molecule has 1 fully saturated rings. The molecule has 0 aromatic heterocycles. The lowest BCUT2D eigenvalue weighted by Gasteiger charge is -2.53. The normalized spacial score (nSPS) is 34.9. The van der Waals surface area contributed by atoms with Crippen LogP contribution in [0.2, 0.25) is 0 Å². The lowest BCUT2D eigenvalue weighted by atomic mass is 9.54. The van der Waals surface area contributed by atoms with E-state index in [-0.39, 0.29) is 16.9 Å². The SMILES string of the molecule is CC1c2cccc(O)c2C(O)=C2C(=O)C3(O)C(O)=C(C#N)C(=O)C(N(C)C)C3C(O)C21. The Morgan fingerprint density at radius 2 is 1.81 bits per heavy atom. The number of hydrogen-bond donors (Lipinski definition) is 5. The van der Waals surface area contributed by atoms with E-state index >= 15 is 0 Å². The van der Waals surface area contributed by atoms with Gasteiger partial charge in [-0.25, -0.2) is 0 Å². The van der Waals surface area contributed by atoms with Crippen LogP contribution in [0.25, 0.3) is 5.76 Å². The van der Waals surface area contributed by atoms with Gasteiger partial charge in [0.15, 0.2) is 17.1 Å². The number of nitriles is 1. The highest BCUT2D eigenvalue weighted by Gasteiger charge is 2.67. The molecule has 0 aliphatic heterocycles. The van der Waals surface area contributed by atoms with Gasteiger partial charge in [-0.3, -0.25) is 14.5 Å². The summed E-state index contributed by atoms with van der Waals surface area (Å²) in [6, 6.07) is 4.81. The Kier molecular flexibility index (Phi) is 4.52. The number of ketones is 2.